The summed E-state index contributed by atoms with van der Waals surface area (Å²) in [4.78, 5) is 11.8. The van der Waals surface area contributed by atoms with Gasteiger partial charge in [0.25, 0.3) is 0 Å². The van der Waals surface area contributed by atoms with Gasteiger partial charge in [-0.1, -0.05) is 13.8 Å². The Hall–Kier alpha value is -1.56. The van der Waals surface area contributed by atoms with Crippen LogP contribution in [0.5, 0.6) is 0 Å². The molecule has 1 aliphatic heterocycles. The standard InChI is InChI=1S/C20H24F3NO2/c1-10(25)24-18-19(2,3)11-6-13-17(26-5-4-20(13,18)9-11)12-7-15(22)16(23)8-14(12)21/h7-8,11,13,17-18H,4-6,9H2,1-3H3,(H,24,25)/t11-,13-,17-,18+,20?/m1/s1. The molecule has 2 saturated carbocycles. The maximum Gasteiger partial charge on any atom is 0.217 e. The molecule has 4 rings (SSSR count). The van der Waals surface area contributed by atoms with E-state index >= 15 is 0 Å². The zero-order valence-corrected chi connectivity index (χ0v) is 15.2. The summed E-state index contributed by atoms with van der Waals surface area (Å²) in [7, 11) is 0. The number of amides is 1. The van der Waals surface area contributed by atoms with Gasteiger partial charge in [-0.15, -0.1) is 0 Å². The van der Waals surface area contributed by atoms with Crippen LogP contribution in [-0.2, 0) is 9.53 Å². The quantitative estimate of drug-likeness (QED) is 0.799. The van der Waals surface area contributed by atoms with Crippen LogP contribution < -0.4 is 5.32 Å². The van der Waals surface area contributed by atoms with E-state index in [1.807, 2.05) is 0 Å². The third-order valence-electron chi connectivity index (χ3n) is 7.20. The Morgan fingerprint density at radius 1 is 1.19 bits per heavy atom. The van der Waals surface area contributed by atoms with E-state index in [0.717, 1.165) is 25.3 Å². The van der Waals surface area contributed by atoms with Crippen molar-refractivity contribution < 1.29 is 22.7 Å². The Labute approximate surface area is 151 Å². The molecule has 1 spiro atoms. The Morgan fingerprint density at radius 3 is 2.58 bits per heavy atom. The number of carbonyl (C=O) groups is 1. The maximum atomic E-state index is 14.4. The lowest BCUT2D eigenvalue weighted by Crippen LogP contribution is -2.58. The lowest BCUT2D eigenvalue weighted by Gasteiger charge is -2.53. The van der Waals surface area contributed by atoms with Crippen molar-refractivity contribution in [1.82, 2.24) is 5.32 Å². The van der Waals surface area contributed by atoms with Crippen molar-refractivity contribution >= 4 is 5.91 Å². The Morgan fingerprint density at radius 2 is 1.88 bits per heavy atom. The van der Waals surface area contributed by atoms with Gasteiger partial charge in [0.1, 0.15) is 5.82 Å². The average Bonchev–Trinajstić information content (AvgIpc) is 3.04. The Kier molecular flexibility index (Phi) is 3.92. The molecule has 1 saturated heterocycles. The molecule has 26 heavy (non-hydrogen) atoms. The molecule has 2 bridgehead atoms. The smallest absolute Gasteiger partial charge is 0.217 e. The van der Waals surface area contributed by atoms with Gasteiger partial charge in [0.2, 0.25) is 5.91 Å². The van der Waals surface area contributed by atoms with Crippen LogP contribution in [0.15, 0.2) is 12.1 Å². The van der Waals surface area contributed by atoms with Gasteiger partial charge in [0.05, 0.1) is 6.10 Å². The maximum absolute atomic E-state index is 14.4. The SMILES string of the molecule is CC(=O)N[C@H]1C(C)(C)[C@@H]2C[C@@H]3[C@@H](c4cc(F)c(F)cc4F)OCCC31C2. The number of benzene rings is 1. The molecule has 1 heterocycles. The number of hydrogen-bond acceptors (Lipinski definition) is 2. The minimum absolute atomic E-state index is 0.0227. The lowest BCUT2D eigenvalue weighted by molar-refractivity contribution is -0.136. The molecule has 1 unspecified atom stereocenters. The first-order chi connectivity index (χ1) is 12.2. The molecule has 3 nitrogen and oxygen atoms in total. The molecular weight excluding hydrogens is 343 g/mol. The van der Waals surface area contributed by atoms with Crippen LogP contribution in [0.1, 0.15) is 51.7 Å². The minimum atomic E-state index is -1.19. The number of hydrogen-bond donors (Lipinski definition) is 1. The van der Waals surface area contributed by atoms with Crippen LogP contribution in [0.25, 0.3) is 0 Å². The van der Waals surface area contributed by atoms with Gasteiger partial charge in [-0.25, -0.2) is 13.2 Å². The number of nitrogens with one attached hydrogen (secondary N) is 1. The molecule has 1 N–H and O–H groups in total. The van der Waals surface area contributed by atoms with Gasteiger partial charge >= 0.3 is 0 Å². The summed E-state index contributed by atoms with van der Waals surface area (Å²) < 4.78 is 47.4. The second-order valence-electron chi connectivity index (χ2n) is 8.76. The molecule has 2 aliphatic carbocycles. The minimum Gasteiger partial charge on any atom is -0.373 e. The Bertz CT molecular complexity index is 766. The van der Waals surface area contributed by atoms with Gasteiger partial charge in [-0.2, -0.15) is 0 Å². The van der Waals surface area contributed by atoms with Crippen LogP contribution in [0.4, 0.5) is 13.2 Å². The first-order valence-corrected chi connectivity index (χ1v) is 9.20. The van der Waals surface area contributed by atoms with Crippen LogP contribution in [0.3, 0.4) is 0 Å². The molecule has 0 aromatic heterocycles. The van der Waals surface area contributed by atoms with Crippen molar-refractivity contribution in [3.63, 3.8) is 0 Å². The van der Waals surface area contributed by atoms with Crippen molar-refractivity contribution in [3.05, 3.63) is 35.1 Å². The summed E-state index contributed by atoms with van der Waals surface area (Å²) in [6.07, 6.45) is 1.95. The number of ether oxygens (including phenoxy) is 1. The topological polar surface area (TPSA) is 38.3 Å². The van der Waals surface area contributed by atoms with Crippen LogP contribution in [0.2, 0.25) is 0 Å². The summed E-state index contributed by atoms with van der Waals surface area (Å²) in [5.41, 5.74) is -0.170. The van der Waals surface area contributed by atoms with E-state index in [9.17, 15) is 18.0 Å². The van der Waals surface area contributed by atoms with Crippen molar-refractivity contribution in [3.8, 4) is 0 Å². The zero-order chi connectivity index (χ0) is 18.9. The predicted octanol–water partition coefficient (Wildman–Crippen LogP) is 4.12. The third kappa shape index (κ3) is 2.34. The van der Waals surface area contributed by atoms with E-state index in [-0.39, 0.29) is 34.3 Å². The monoisotopic (exact) mass is 367 g/mol. The molecule has 1 aromatic rings. The zero-order valence-electron chi connectivity index (χ0n) is 15.2. The van der Waals surface area contributed by atoms with Gasteiger partial charge in [-0.3, -0.25) is 4.79 Å². The second kappa shape index (κ2) is 5.72. The molecule has 3 aliphatic rings. The summed E-state index contributed by atoms with van der Waals surface area (Å²) in [6, 6.07) is 1.49. The molecule has 1 amide bonds. The number of rotatable bonds is 2. The predicted molar refractivity (Wildman–Crippen MR) is 89.7 cm³/mol. The van der Waals surface area contributed by atoms with E-state index in [1.165, 1.54) is 6.92 Å². The van der Waals surface area contributed by atoms with Gasteiger partial charge in [0, 0.05) is 31.2 Å². The molecular formula is C20H24F3NO2. The second-order valence-corrected chi connectivity index (χ2v) is 8.76. The molecule has 142 valence electrons. The summed E-state index contributed by atoms with van der Waals surface area (Å²) in [5.74, 6) is -2.75. The molecule has 3 fully saturated rings. The van der Waals surface area contributed by atoms with E-state index in [2.05, 4.69) is 19.2 Å². The van der Waals surface area contributed by atoms with Gasteiger partial charge in [-0.05, 0) is 48.0 Å². The van der Waals surface area contributed by atoms with Crippen molar-refractivity contribution in [1.29, 1.82) is 0 Å². The fourth-order valence-electron chi connectivity index (χ4n) is 6.05. The number of carbonyl (C=O) groups excluding carboxylic acids is 1. The number of halogens is 3. The molecule has 0 radical (unpaired) electrons. The van der Waals surface area contributed by atoms with Crippen molar-refractivity contribution in [2.75, 3.05) is 6.61 Å². The molecule has 6 heteroatoms. The summed E-state index contributed by atoms with van der Waals surface area (Å²) in [6.45, 7) is 6.27. The van der Waals surface area contributed by atoms with E-state index in [0.29, 0.717) is 18.6 Å². The normalized spacial score (nSPS) is 37.5. The fourth-order valence-corrected chi connectivity index (χ4v) is 6.05. The summed E-state index contributed by atoms with van der Waals surface area (Å²) in [5, 5.41) is 3.14. The molecule has 5 atom stereocenters. The molecule has 1 aromatic carbocycles. The van der Waals surface area contributed by atoms with Gasteiger partial charge in [0.15, 0.2) is 11.6 Å². The largest absolute Gasteiger partial charge is 0.373 e. The lowest BCUT2D eigenvalue weighted by atomic mass is 9.59. The summed E-state index contributed by atoms with van der Waals surface area (Å²) >= 11 is 0. The van der Waals surface area contributed by atoms with Crippen molar-refractivity contribution in [2.24, 2.45) is 22.7 Å². The third-order valence-corrected chi connectivity index (χ3v) is 7.20. The van der Waals surface area contributed by atoms with Crippen LogP contribution in [0, 0.1) is 40.1 Å². The van der Waals surface area contributed by atoms with Crippen LogP contribution in [-0.4, -0.2) is 18.6 Å². The highest BCUT2D eigenvalue weighted by Crippen LogP contribution is 2.70. The van der Waals surface area contributed by atoms with E-state index in [1.54, 1.807) is 0 Å². The van der Waals surface area contributed by atoms with Gasteiger partial charge < -0.3 is 10.1 Å². The Balaban J connectivity index is 1.75. The first kappa shape index (κ1) is 17.8. The van der Waals surface area contributed by atoms with Crippen LogP contribution >= 0.6 is 0 Å². The van der Waals surface area contributed by atoms with Crippen molar-refractivity contribution in [2.45, 2.75) is 52.2 Å². The highest BCUT2D eigenvalue weighted by atomic mass is 19.2. The van der Waals surface area contributed by atoms with E-state index in [4.69, 9.17) is 4.74 Å². The number of fused-ring (bicyclic) bond motifs is 1. The average molecular weight is 367 g/mol. The highest BCUT2D eigenvalue weighted by molar-refractivity contribution is 5.73. The van der Waals surface area contributed by atoms with E-state index < -0.39 is 23.6 Å². The fraction of sp³-hybridized carbons (Fsp3) is 0.650. The first-order valence-electron chi connectivity index (χ1n) is 9.20. The highest BCUT2D eigenvalue weighted by Gasteiger charge is 2.68.